The summed E-state index contributed by atoms with van der Waals surface area (Å²) in [5.74, 6) is -2.31. The standard InChI is InChI=1S/C25H26F3N5O3S/c26-25(27,28)22(34)36-33-20-9-5-4-6-17(20)10-11-21(33)19-16-37-24(30-19)32-14-12-31(13-15-32)23(35)29-18-7-2-1-3-8-18/h4-6,9-11,16,18H,1-3,7-8,12-15H2/p+1. The Labute approximate surface area is 215 Å². The van der Waals surface area contributed by atoms with E-state index in [1.54, 1.807) is 41.8 Å². The molecular weight excluding hydrogens is 507 g/mol. The number of aromatic nitrogens is 2. The van der Waals surface area contributed by atoms with Crippen LogP contribution in [0.1, 0.15) is 32.1 Å². The zero-order valence-corrected chi connectivity index (χ0v) is 20.9. The minimum absolute atomic E-state index is 0.0323. The number of carbonyl (C=O) groups is 2. The SMILES string of the molecule is O=C(NC1CCCCC1)N1CCN(c2nc(-c3ccc4ccccc4[n+]3OC(=O)C(F)(F)F)cs2)CC1. The molecular formula is C25H27F3N5O3S+. The third-order valence-electron chi connectivity index (χ3n) is 6.73. The molecule has 5 rings (SSSR count). The number of nitrogens with zero attached hydrogens (tertiary/aromatic N) is 4. The van der Waals surface area contributed by atoms with Crippen molar-refractivity contribution in [2.24, 2.45) is 0 Å². The number of fused-ring (bicyclic) bond motifs is 1. The monoisotopic (exact) mass is 534 g/mol. The Balaban J connectivity index is 1.31. The fourth-order valence-corrected chi connectivity index (χ4v) is 5.62. The van der Waals surface area contributed by atoms with E-state index < -0.39 is 12.1 Å². The molecule has 12 heteroatoms. The van der Waals surface area contributed by atoms with E-state index in [0.717, 1.165) is 30.4 Å². The summed E-state index contributed by atoms with van der Waals surface area (Å²) in [6, 6.07) is 10.2. The van der Waals surface area contributed by atoms with Crippen molar-refractivity contribution in [3.63, 3.8) is 0 Å². The van der Waals surface area contributed by atoms with Crippen molar-refractivity contribution in [3.8, 4) is 11.4 Å². The molecule has 1 saturated heterocycles. The van der Waals surface area contributed by atoms with Gasteiger partial charge in [-0.3, -0.25) is 0 Å². The lowest BCUT2D eigenvalue weighted by molar-refractivity contribution is -0.841. The molecule has 1 N–H and O–H groups in total. The van der Waals surface area contributed by atoms with E-state index in [1.807, 2.05) is 9.80 Å². The normalized spacial score (nSPS) is 17.2. The van der Waals surface area contributed by atoms with Crippen LogP contribution in [0.25, 0.3) is 22.3 Å². The summed E-state index contributed by atoms with van der Waals surface area (Å²) in [5.41, 5.74) is 0.923. The van der Waals surface area contributed by atoms with Gasteiger partial charge in [0.2, 0.25) is 0 Å². The number of urea groups is 1. The number of rotatable bonds is 4. The Morgan fingerprint density at radius 1 is 1.03 bits per heavy atom. The number of carbonyl (C=O) groups excluding carboxylic acids is 2. The van der Waals surface area contributed by atoms with Gasteiger partial charge in [-0.1, -0.05) is 31.4 Å². The minimum atomic E-state index is -5.14. The summed E-state index contributed by atoms with van der Waals surface area (Å²) in [4.78, 5) is 37.6. The first-order valence-electron chi connectivity index (χ1n) is 12.3. The van der Waals surface area contributed by atoms with Crippen LogP contribution in [0.5, 0.6) is 0 Å². The van der Waals surface area contributed by atoms with E-state index >= 15 is 0 Å². The van der Waals surface area contributed by atoms with Crippen molar-refractivity contribution in [2.45, 2.75) is 44.3 Å². The van der Waals surface area contributed by atoms with Gasteiger partial charge in [-0.2, -0.15) is 18.0 Å². The molecule has 0 spiro atoms. The molecule has 2 amide bonds. The molecule has 1 aromatic carbocycles. The molecule has 0 bridgehead atoms. The molecule has 3 aromatic rings. The molecule has 2 aliphatic rings. The maximum Gasteiger partial charge on any atom is 0.498 e. The molecule has 196 valence electrons. The van der Waals surface area contributed by atoms with Crippen molar-refractivity contribution in [1.29, 1.82) is 0 Å². The van der Waals surface area contributed by atoms with Crippen LogP contribution in [0.4, 0.5) is 23.1 Å². The van der Waals surface area contributed by atoms with E-state index in [0.29, 0.717) is 47.9 Å². The van der Waals surface area contributed by atoms with E-state index in [9.17, 15) is 22.8 Å². The predicted molar refractivity (Wildman–Crippen MR) is 132 cm³/mol. The van der Waals surface area contributed by atoms with Gasteiger partial charge in [-0.05, 0) is 25.0 Å². The third kappa shape index (κ3) is 5.63. The lowest BCUT2D eigenvalue weighted by atomic mass is 9.96. The Hall–Kier alpha value is -3.41. The highest BCUT2D eigenvalue weighted by atomic mass is 32.1. The second kappa shape index (κ2) is 10.5. The minimum Gasteiger partial charge on any atom is -0.345 e. The second-order valence-corrected chi connectivity index (χ2v) is 10.1. The number of para-hydroxylation sites is 1. The summed E-state index contributed by atoms with van der Waals surface area (Å²) >= 11 is 1.35. The summed E-state index contributed by atoms with van der Waals surface area (Å²) < 4.78 is 39.9. The van der Waals surface area contributed by atoms with Gasteiger partial charge >= 0.3 is 18.2 Å². The molecule has 2 aromatic heterocycles. The van der Waals surface area contributed by atoms with Crippen molar-refractivity contribution in [2.75, 3.05) is 31.1 Å². The van der Waals surface area contributed by atoms with Gasteiger partial charge in [0.25, 0.3) is 11.2 Å². The topological polar surface area (TPSA) is 78.7 Å². The van der Waals surface area contributed by atoms with Crippen LogP contribution in [0.15, 0.2) is 41.8 Å². The zero-order valence-electron chi connectivity index (χ0n) is 20.0. The zero-order chi connectivity index (χ0) is 26.0. The maximum absolute atomic E-state index is 13.0. The average molecular weight is 535 g/mol. The molecule has 1 aliphatic heterocycles. The number of thiazole rings is 1. The number of amides is 2. The first-order valence-corrected chi connectivity index (χ1v) is 13.2. The number of halogens is 3. The summed E-state index contributed by atoms with van der Waals surface area (Å²) in [6.07, 6.45) is 0.443. The molecule has 2 fully saturated rings. The number of anilines is 1. The van der Waals surface area contributed by atoms with Gasteiger partial charge in [-0.25, -0.2) is 14.6 Å². The van der Waals surface area contributed by atoms with Crippen LogP contribution in [0, 0.1) is 0 Å². The molecule has 8 nitrogen and oxygen atoms in total. The van der Waals surface area contributed by atoms with Crippen LogP contribution in [-0.4, -0.2) is 60.3 Å². The van der Waals surface area contributed by atoms with Gasteiger partial charge in [0, 0.05) is 54.5 Å². The largest absolute Gasteiger partial charge is 0.498 e. The van der Waals surface area contributed by atoms with Crippen LogP contribution in [-0.2, 0) is 4.79 Å². The number of benzene rings is 1. The summed E-state index contributed by atoms with van der Waals surface area (Å²) in [7, 11) is 0. The van der Waals surface area contributed by atoms with Gasteiger partial charge in [0.05, 0.1) is 5.39 Å². The van der Waals surface area contributed by atoms with Crippen molar-refractivity contribution < 1.29 is 32.3 Å². The van der Waals surface area contributed by atoms with Crippen molar-refractivity contribution in [3.05, 3.63) is 41.8 Å². The number of alkyl halides is 3. The predicted octanol–water partition coefficient (Wildman–Crippen LogP) is 3.93. The van der Waals surface area contributed by atoms with E-state index in [-0.39, 0.29) is 17.8 Å². The van der Waals surface area contributed by atoms with Crippen LogP contribution in [0.3, 0.4) is 0 Å². The van der Waals surface area contributed by atoms with E-state index in [1.165, 1.54) is 17.8 Å². The second-order valence-electron chi connectivity index (χ2n) is 9.22. The average Bonchev–Trinajstić information content (AvgIpc) is 3.39. The molecule has 0 atom stereocenters. The van der Waals surface area contributed by atoms with E-state index in [2.05, 4.69) is 10.3 Å². The molecule has 37 heavy (non-hydrogen) atoms. The summed E-state index contributed by atoms with van der Waals surface area (Å²) in [6.45, 7) is 2.27. The van der Waals surface area contributed by atoms with Gasteiger partial charge in [-0.15, -0.1) is 11.3 Å². The Kier molecular flexibility index (Phi) is 7.18. The number of hydrogen-bond acceptors (Lipinski definition) is 6. The molecule has 1 saturated carbocycles. The lowest BCUT2D eigenvalue weighted by Gasteiger charge is -2.35. The highest BCUT2D eigenvalue weighted by Crippen LogP contribution is 2.28. The van der Waals surface area contributed by atoms with Crippen molar-refractivity contribution in [1.82, 2.24) is 15.2 Å². The Bertz CT molecular complexity index is 1280. The quantitative estimate of drug-likeness (QED) is 0.514. The van der Waals surface area contributed by atoms with Crippen LogP contribution in [0.2, 0.25) is 0 Å². The first kappa shape index (κ1) is 25.2. The van der Waals surface area contributed by atoms with Crippen LogP contribution >= 0.6 is 11.3 Å². The van der Waals surface area contributed by atoms with Crippen LogP contribution < -0.4 is 19.8 Å². The maximum atomic E-state index is 13.0. The van der Waals surface area contributed by atoms with E-state index in [4.69, 9.17) is 4.84 Å². The number of hydrogen-bond donors (Lipinski definition) is 1. The number of pyridine rings is 1. The number of piperazine rings is 1. The lowest BCUT2D eigenvalue weighted by Crippen LogP contribution is -2.53. The fourth-order valence-electron chi connectivity index (χ4n) is 4.74. The van der Waals surface area contributed by atoms with Crippen molar-refractivity contribution >= 4 is 39.4 Å². The van der Waals surface area contributed by atoms with Gasteiger partial charge < -0.3 is 15.1 Å². The Morgan fingerprint density at radius 2 is 1.76 bits per heavy atom. The smallest absolute Gasteiger partial charge is 0.345 e. The number of nitrogens with one attached hydrogen (secondary N) is 1. The Morgan fingerprint density at radius 3 is 2.49 bits per heavy atom. The molecule has 3 heterocycles. The molecule has 1 aliphatic carbocycles. The summed E-state index contributed by atoms with van der Waals surface area (Å²) in [5, 5.41) is 6.16. The molecule has 0 radical (unpaired) electrons. The highest BCUT2D eigenvalue weighted by Gasteiger charge is 2.45. The van der Waals surface area contributed by atoms with Gasteiger partial charge in [0.15, 0.2) is 10.8 Å². The van der Waals surface area contributed by atoms with Gasteiger partial charge in [0.1, 0.15) is 0 Å². The highest BCUT2D eigenvalue weighted by molar-refractivity contribution is 7.14. The first-order chi connectivity index (χ1) is 17.8. The molecule has 0 unspecified atom stereocenters. The fraction of sp³-hybridized carbons (Fsp3) is 0.440. The third-order valence-corrected chi connectivity index (χ3v) is 7.63.